The molecule has 88 valence electrons. The Morgan fingerprint density at radius 3 is 2.25 bits per heavy atom. The third kappa shape index (κ3) is 3.46. The van der Waals surface area contributed by atoms with Crippen LogP contribution in [0.1, 0.15) is 22.3 Å². The molecule has 1 aromatic carbocycles. The van der Waals surface area contributed by atoms with E-state index in [0.717, 1.165) is 13.0 Å². The first kappa shape index (κ1) is 12.4. The first-order chi connectivity index (χ1) is 7.50. The average molecular weight is 220 g/mol. The standard InChI is InChI=1S/C12H20N4/c1-8-6-9(2)11(10(3)7-8)4-5-15-16-12(13)14/h6-7,15H,4-5H2,1-3H3,(H4,13,14,16). The summed E-state index contributed by atoms with van der Waals surface area (Å²) in [7, 11) is 0. The van der Waals surface area contributed by atoms with Gasteiger partial charge in [-0.25, -0.2) is 0 Å². The van der Waals surface area contributed by atoms with E-state index in [-0.39, 0.29) is 5.96 Å². The van der Waals surface area contributed by atoms with E-state index in [1.54, 1.807) is 0 Å². The number of aryl methyl sites for hydroxylation is 3. The van der Waals surface area contributed by atoms with E-state index in [0.29, 0.717) is 0 Å². The van der Waals surface area contributed by atoms with Crippen molar-refractivity contribution in [3.8, 4) is 0 Å². The van der Waals surface area contributed by atoms with Crippen molar-refractivity contribution in [3.05, 3.63) is 34.4 Å². The summed E-state index contributed by atoms with van der Waals surface area (Å²) in [6.07, 6.45) is 0.925. The highest BCUT2D eigenvalue weighted by molar-refractivity contribution is 5.75. The minimum Gasteiger partial charge on any atom is -0.369 e. The molecule has 0 bridgehead atoms. The van der Waals surface area contributed by atoms with Crippen LogP contribution in [0.2, 0.25) is 0 Å². The zero-order valence-electron chi connectivity index (χ0n) is 10.2. The predicted octanol–water partition coefficient (Wildman–Crippen LogP) is 0.932. The molecular formula is C12H20N4. The fourth-order valence-corrected chi connectivity index (χ4v) is 1.93. The number of nitrogens with one attached hydrogen (secondary N) is 1. The topological polar surface area (TPSA) is 76.4 Å². The van der Waals surface area contributed by atoms with E-state index in [2.05, 4.69) is 43.4 Å². The molecule has 5 N–H and O–H groups in total. The van der Waals surface area contributed by atoms with E-state index >= 15 is 0 Å². The van der Waals surface area contributed by atoms with Gasteiger partial charge in [-0.15, -0.1) is 5.10 Å². The van der Waals surface area contributed by atoms with Gasteiger partial charge in [0.25, 0.3) is 0 Å². The fourth-order valence-electron chi connectivity index (χ4n) is 1.93. The highest BCUT2D eigenvalue weighted by Gasteiger charge is 2.02. The van der Waals surface area contributed by atoms with Crippen LogP contribution in [0, 0.1) is 20.8 Å². The molecule has 0 unspecified atom stereocenters. The first-order valence-corrected chi connectivity index (χ1v) is 5.39. The molecule has 0 atom stereocenters. The lowest BCUT2D eigenvalue weighted by molar-refractivity contribution is 0.724. The van der Waals surface area contributed by atoms with Crippen molar-refractivity contribution in [3.63, 3.8) is 0 Å². The van der Waals surface area contributed by atoms with Crippen LogP contribution in [0.5, 0.6) is 0 Å². The summed E-state index contributed by atoms with van der Waals surface area (Å²) in [4.78, 5) is 0. The Bertz CT molecular complexity index is 369. The van der Waals surface area contributed by atoms with Gasteiger partial charge in [0, 0.05) is 6.54 Å². The molecule has 0 saturated heterocycles. The van der Waals surface area contributed by atoms with Gasteiger partial charge >= 0.3 is 0 Å². The molecular weight excluding hydrogens is 200 g/mol. The summed E-state index contributed by atoms with van der Waals surface area (Å²) in [6.45, 7) is 7.12. The normalized spacial score (nSPS) is 9.94. The smallest absolute Gasteiger partial charge is 0.208 e. The number of nitrogens with zero attached hydrogens (tertiary/aromatic N) is 1. The zero-order chi connectivity index (χ0) is 12.1. The Hall–Kier alpha value is -1.71. The van der Waals surface area contributed by atoms with Gasteiger partial charge in [-0.3, -0.25) is 0 Å². The Kier molecular flexibility index (Phi) is 4.17. The lowest BCUT2D eigenvalue weighted by atomic mass is 9.97. The largest absolute Gasteiger partial charge is 0.369 e. The van der Waals surface area contributed by atoms with Gasteiger partial charge in [-0.2, -0.15) is 0 Å². The maximum Gasteiger partial charge on any atom is 0.208 e. The fraction of sp³-hybridized carbons (Fsp3) is 0.417. The van der Waals surface area contributed by atoms with Crippen LogP contribution >= 0.6 is 0 Å². The SMILES string of the molecule is Cc1cc(C)c(CCNN=C(N)N)c(C)c1. The van der Waals surface area contributed by atoms with Gasteiger partial charge < -0.3 is 16.9 Å². The lowest BCUT2D eigenvalue weighted by Crippen LogP contribution is -2.27. The molecule has 0 heterocycles. The van der Waals surface area contributed by atoms with Crippen LogP contribution in [0.25, 0.3) is 0 Å². The molecule has 0 radical (unpaired) electrons. The van der Waals surface area contributed by atoms with Crippen molar-refractivity contribution in [2.45, 2.75) is 27.2 Å². The Morgan fingerprint density at radius 1 is 1.19 bits per heavy atom. The number of rotatable bonds is 4. The summed E-state index contributed by atoms with van der Waals surface area (Å²) in [5.41, 5.74) is 18.6. The Labute approximate surface area is 96.7 Å². The average Bonchev–Trinajstić information content (AvgIpc) is 2.14. The zero-order valence-corrected chi connectivity index (χ0v) is 10.2. The maximum absolute atomic E-state index is 5.22. The molecule has 16 heavy (non-hydrogen) atoms. The van der Waals surface area contributed by atoms with Crippen molar-refractivity contribution >= 4 is 5.96 Å². The van der Waals surface area contributed by atoms with Crippen molar-refractivity contribution < 1.29 is 0 Å². The van der Waals surface area contributed by atoms with Gasteiger partial charge in [-0.05, 0) is 43.9 Å². The van der Waals surface area contributed by atoms with E-state index in [9.17, 15) is 0 Å². The molecule has 1 rings (SSSR count). The van der Waals surface area contributed by atoms with Gasteiger partial charge in [-0.1, -0.05) is 17.7 Å². The van der Waals surface area contributed by atoms with Crippen LogP contribution in [-0.4, -0.2) is 12.5 Å². The minimum atomic E-state index is 0.0670. The molecule has 1 aromatic rings. The molecule has 4 nitrogen and oxygen atoms in total. The van der Waals surface area contributed by atoms with Gasteiger partial charge in [0.1, 0.15) is 0 Å². The molecule has 4 heteroatoms. The van der Waals surface area contributed by atoms with E-state index in [1.165, 1.54) is 22.3 Å². The number of hydrogen-bond acceptors (Lipinski definition) is 2. The third-order valence-corrected chi connectivity index (χ3v) is 2.54. The van der Waals surface area contributed by atoms with Gasteiger partial charge in [0.2, 0.25) is 5.96 Å². The third-order valence-electron chi connectivity index (χ3n) is 2.54. The Balaban J connectivity index is 2.64. The van der Waals surface area contributed by atoms with Crippen molar-refractivity contribution in [2.75, 3.05) is 6.54 Å². The molecule has 0 aromatic heterocycles. The molecule has 0 aliphatic heterocycles. The second-order valence-corrected chi connectivity index (χ2v) is 4.07. The summed E-state index contributed by atoms with van der Waals surface area (Å²) >= 11 is 0. The molecule has 0 spiro atoms. The van der Waals surface area contributed by atoms with Crippen molar-refractivity contribution in [1.29, 1.82) is 0 Å². The number of hydrazone groups is 1. The van der Waals surface area contributed by atoms with Crippen LogP contribution in [0.4, 0.5) is 0 Å². The van der Waals surface area contributed by atoms with E-state index < -0.39 is 0 Å². The van der Waals surface area contributed by atoms with Gasteiger partial charge in [0.05, 0.1) is 0 Å². The van der Waals surface area contributed by atoms with Crippen molar-refractivity contribution in [1.82, 2.24) is 5.43 Å². The maximum atomic E-state index is 5.22. The number of benzene rings is 1. The second kappa shape index (κ2) is 5.39. The van der Waals surface area contributed by atoms with Crippen molar-refractivity contribution in [2.24, 2.45) is 16.6 Å². The number of guanidine groups is 1. The highest BCUT2D eigenvalue weighted by atomic mass is 15.3. The van der Waals surface area contributed by atoms with Crippen LogP contribution in [-0.2, 0) is 6.42 Å². The predicted molar refractivity (Wildman–Crippen MR) is 68.2 cm³/mol. The summed E-state index contributed by atoms with van der Waals surface area (Å²) in [5, 5.41) is 3.74. The summed E-state index contributed by atoms with van der Waals surface area (Å²) in [6, 6.07) is 4.39. The molecule has 0 aliphatic rings. The molecule has 0 fully saturated rings. The monoisotopic (exact) mass is 220 g/mol. The summed E-state index contributed by atoms with van der Waals surface area (Å²) < 4.78 is 0. The quantitative estimate of drug-likeness (QED) is 0.306. The van der Waals surface area contributed by atoms with Crippen LogP contribution in [0.3, 0.4) is 0 Å². The lowest BCUT2D eigenvalue weighted by Gasteiger charge is -2.11. The van der Waals surface area contributed by atoms with E-state index in [1.807, 2.05) is 0 Å². The Morgan fingerprint density at radius 2 is 1.75 bits per heavy atom. The minimum absolute atomic E-state index is 0.0670. The molecule has 0 amide bonds. The number of hydrogen-bond donors (Lipinski definition) is 3. The van der Waals surface area contributed by atoms with E-state index in [4.69, 9.17) is 11.5 Å². The van der Waals surface area contributed by atoms with Crippen LogP contribution in [0.15, 0.2) is 17.2 Å². The number of nitrogens with two attached hydrogens (primary N) is 2. The van der Waals surface area contributed by atoms with Crippen LogP contribution < -0.4 is 16.9 Å². The molecule has 0 aliphatic carbocycles. The van der Waals surface area contributed by atoms with Gasteiger partial charge in [0.15, 0.2) is 0 Å². The second-order valence-electron chi connectivity index (χ2n) is 4.07. The first-order valence-electron chi connectivity index (χ1n) is 5.39. The highest BCUT2D eigenvalue weighted by Crippen LogP contribution is 2.16. The summed E-state index contributed by atoms with van der Waals surface area (Å²) in [5.74, 6) is 0.0670. The molecule has 0 saturated carbocycles.